The highest BCUT2D eigenvalue weighted by molar-refractivity contribution is 6.33. The number of nitrogens with zero attached hydrogens (tertiary/aromatic N) is 3. The third-order valence-electron chi connectivity index (χ3n) is 5.33. The minimum absolute atomic E-state index is 0.123. The fourth-order valence-electron chi connectivity index (χ4n) is 3.67. The van der Waals surface area contributed by atoms with Crippen LogP contribution in [-0.2, 0) is 4.74 Å². The first kappa shape index (κ1) is 17.7. The highest BCUT2D eigenvalue weighted by Crippen LogP contribution is 2.31. The van der Waals surface area contributed by atoms with Gasteiger partial charge < -0.3 is 25.1 Å². The molecule has 0 amide bonds. The average Bonchev–Trinajstić information content (AvgIpc) is 3.08. The summed E-state index contributed by atoms with van der Waals surface area (Å²) in [4.78, 5) is 14.6. The first-order valence-corrected chi connectivity index (χ1v) is 9.95. The molecular weight excluding hydrogens is 378 g/mol. The summed E-state index contributed by atoms with van der Waals surface area (Å²) < 4.78 is 11.2. The molecule has 3 aromatic rings. The van der Waals surface area contributed by atoms with Crippen LogP contribution in [0.2, 0.25) is 5.02 Å². The SMILES string of the molecule is NC1CC(Oc2nc3nc(-c4ccc(N5CCOCC5)cc4)c(Cl)cc3[nH]2)C1. The van der Waals surface area contributed by atoms with Gasteiger partial charge in [0.25, 0.3) is 6.01 Å². The molecule has 0 bridgehead atoms. The Bertz CT molecular complexity index is 978. The summed E-state index contributed by atoms with van der Waals surface area (Å²) in [5.41, 5.74) is 10.0. The first-order chi connectivity index (χ1) is 13.7. The molecule has 0 spiro atoms. The second-order valence-corrected chi connectivity index (χ2v) is 7.76. The number of aromatic nitrogens is 3. The maximum atomic E-state index is 6.50. The van der Waals surface area contributed by atoms with E-state index in [9.17, 15) is 0 Å². The number of hydrogen-bond acceptors (Lipinski definition) is 6. The summed E-state index contributed by atoms with van der Waals surface area (Å²) in [5, 5.41) is 0.576. The maximum absolute atomic E-state index is 6.50. The number of fused-ring (bicyclic) bond motifs is 1. The molecule has 8 heteroatoms. The van der Waals surface area contributed by atoms with Gasteiger partial charge in [0.05, 0.1) is 29.4 Å². The molecule has 28 heavy (non-hydrogen) atoms. The molecule has 2 fully saturated rings. The number of halogens is 1. The van der Waals surface area contributed by atoms with Crippen molar-refractivity contribution in [3.8, 4) is 17.3 Å². The molecule has 1 aliphatic carbocycles. The van der Waals surface area contributed by atoms with E-state index < -0.39 is 0 Å². The molecule has 0 radical (unpaired) electrons. The number of ether oxygens (including phenoxy) is 2. The number of hydrogen-bond donors (Lipinski definition) is 2. The average molecular weight is 400 g/mol. The van der Waals surface area contributed by atoms with Crippen LogP contribution in [0, 0.1) is 0 Å². The lowest BCUT2D eigenvalue weighted by Crippen LogP contribution is -2.43. The Hall–Kier alpha value is -2.35. The number of aromatic amines is 1. The smallest absolute Gasteiger partial charge is 0.296 e. The molecule has 2 aliphatic rings. The van der Waals surface area contributed by atoms with Crippen LogP contribution in [0.15, 0.2) is 30.3 Å². The molecule has 3 N–H and O–H groups in total. The van der Waals surface area contributed by atoms with Crippen LogP contribution in [-0.4, -0.2) is 53.4 Å². The van der Waals surface area contributed by atoms with Gasteiger partial charge in [0, 0.05) is 30.4 Å². The number of imidazole rings is 1. The first-order valence-electron chi connectivity index (χ1n) is 9.57. The van der Waals surface area contributed by atoms with Crippen molar-refractivity contribution in [1.82, 2.24) is 15.0 Å². The monoisotopic (exact) mass is 399 g/mol. The van der Waals surface area contributed by atoms with Gasteiger partial charge in [-0.25, -0.2) is 4.98 Å². The van der Waals surface area contributed by atoms with Gasteiger partial charge in [-0.15, -0.1) is 0 Å². The Morgan fingerprint density at radius 3 is 2.61 bits per heavy atom. The summed E-state index contributed by atoms with van der Waals surface area (Å²) in [7, 11) is 0. The molecule has 1 saturated heterocycles. The molecule has 5 rings (SSSR count). The number of anilines is 1. The molecule has 1 saturated carbocycles. The Balaban J connectivity index is 1.39. The third-order valence-corrected chi connectivity index (χ3v) is 5.62. The van der Waals surface area contributed by atoms with Gasteiger partial charge in [0.2, 0.25) is 0 Å². The van der Waals surface area contributed by atoms with Crippen LogP contribution in [0.1, 0.15) is 12.8 Å². The van der Waals surface area contributed by atoms with E-state index in [2.05, 4.69) is 32.0 Å². The van der Waals surface area contributed by atoms with E-state index in [0.717, 1.165) is 50.2 Å². The van der Waals surface area contributed by atoms with E-state index in [4.69, 9.17) is 26.8 Å². The van der Waals surface area contributed by atoms with Crippen LogP contribution in [0.4, 0.5) is 5.69 Å². The van der Waals surface area contributed by atoms with Crippen molar-refractivity contribution in [3.05, 3.63) is 35.4 Å². The number of nitrogens with two attached hydrogens (primary N) is 1. The highest BCUT2D eigenvalue weighted by atomic mass is 35.5. The van der Waals surface area contributed by atoms with Crippen LogP contribution < -0.4 is 15.4 Å². The molecule has 146 valence electrons. The highest BCUT2D eigenvalue weighted by Gasteiger charge is 2.28. The van der Waals surface area contributed by atoms with Gasteiger partial charge in [-0.05, 0) is 31.0 Å². The molecular formula is C20H22ClN5O2. The van der Waals surface area contributed by atoms with Gasteiger partial charge in [0.1, 0.15) is 6.10 Å². The zero-order valence-electron chi connectivity index (χ0n) is 15.4. The van der Waals surface area contributed by atoms with Crippen molar-refractivity contribution in [3.63, 3.8) is 0 Å². The lowest BCUT2D eigenvalue weighted by Gasteiger charge is -2.31. The summed E-state index contributed by atoms with van der Waals surface area (Å²) in [5.74, 6) is 0. The predicted molar refractivity (Wildman–Crippen MR) is 109 cm³/mol. The normalized spacial score (nSPS) is 22.3. The van der Waals surface area contributed by atoms with Crippen molar-refractivity contribution in [2.75, 3.05) is 31.2 Å². The van der Waals surface area contributed by atoms with Crippen molar-refractivity contribution >= 4 is 28.5 Å². The van der Waals surface area contributed by atoms with E-state index in [1.165, 1.54) is 5.69 Å². The lowest BCUT2D eigenvalue weighted by molar-refractivity contribution is 0.0918. The van der Waals surface area contributed by atoms with Gasteiger partial charge in [0.15, 0.2) is 5.65 Å². The molecule has 2 aromatic heterocycles. The fourth-order valence-corrected chi connectivity index (χ4v) is 3.93. The second kappa shape index (κ2) is 7.24. The number of morpholine rings is 1. The minimum atomic E-state index is 0.123. The fraction of sp³-hybridized carbons (Fsp3) is 0.400. The van der Waals surface area contributed by atoms with Crippen molar-refractivity contribution < 1.29 is 9.47 Å². The van der Waals surface area contributed by atoms with Crippen LogP contribution in [0.25, 0.3) is 22.4 Å². The predicted octanol–water partition coefficient (Wildman–Crippen LogP) is 2.98. The van der Waals surface area contributed by atoms with Gasteiger partial charge in [-0.3, -0.25) is 0 Å². The quantitative estimate of drug-likeness (QED) is 0.701. The van der Waals surface area contributed by atoms with Crippen molar-refractivity contribution in [2.24, 2.45) is 5.73 Å². The lowest BCUT2D eigenvalue weighted by atomic mass is 9.90. The van der Waals surface area contributed by atoms with Crippen molar-refractivity contribution in [1.29, 1.82) is 0 Å². The van der Waals surface area contributed by atoms with Gasteiger partial charge >= 0.3 is 0 Å². The Morgan fingerprint density at radius 2 is 1.89 bits per heavy atom. The summed E-state index contributed by atoms with van der Waals surface area (Å²) in [6.45, 7) is 3.35. The van der Waals surface area contributed by atoms with Gasteiger partial charge in [-0.2, -0.15) is 4.98 Å². The Morgan fingerprint density at radius 1 is 1.14 bits per heavy atom. The minimum Gasteiger partial charge on any atom is -0.461 e. The zero-order chi connectivity index (χ0) is 19.1. The number of benzene rings is 1. The van der Waals surface area contributed by atoms with E-state index in [1.807, 2.05) is 18.2 Å². The summed E-state index contributed by atoms with van der Waals surface area (Å²) in [6, 6.07) is 10.8. The van der Waals surface area contributed by atoms with E-state index >= 15 is 0 Å². The number of nitrogens with one attached hydrogen (secondary N) is 1. The van der Waals surface area contributed by atoms with Crippen molar-refractivity contribution in [2.45, 2.75) is 25.0 Å². The molecule has 0 atom stereocenters. The topological polar surface area (TPSA) is 89.3 Å². The Kier molecular flexibility index (Phi) is 4.58. The molecule has 7 nitrogen and oxygen atoms in total. The molecule has 3 heterocycles. The number of rotatable bonds is 4. The summed E-state index contributed by atoms with van der Waals surface area (Å²) in [6.07, 6.45) is 1.83. The molecule has 1 aromatic carbocycles. The second-order valence-electron chi connectivity index (χ2n) is 7.35. The molecule has 1 aliphatic heterocycles. The van der Waals surface area contributed by atoms with E-state index in [-0.39, 0.29) is 12.1 Å². The standard InChI is InChI=1S/C20H22ClN5O2/c21-16-11-17-19(25-20(23-17)28-15-9-13(22)10-15)24-18(16)12-1-3-14(4-2-12)26-5-7-27-8-6-26/h1-4,11,13,15H,5-10,22H2,(H,23,24,25). The zero-order valence-corrected chi connectivity index (χ0v) is 16.2. The largest absolute Gasteiger partial charge is 0.461 e. The molecule has 0 unspecified atom stereocenters. The van der Waals surface area contributed by atoms with Crippen LogP contribution in [0.3, 0.4) is 0 Å². The number of H-pyrrole nitrogens is 1. The number of pyridine rings is 1. The van der Waals surface area contributed by atoms with Gasteiger partial charge in [-0.1, -0.05) is 23.7 Å². The maximum Gasteiger partial charge on any atom is 0.296 e. The van der Waals surface area contributed by atoms with Crippen LogP contribution in [0.5, 0.6) is 6.01 Å². The van der Waals surface area contributed by atoms with Crippen LogP contribution >= 0.6 is 11.6 Å². The summed E-state index contributed by atoms with van der Waals surface area (Å²) >= 11 is 6.50. The Labute approximate surface area is 167 Å². The van der Waals surface area contributed by atoms with E-state index in [0.29, 0.717) is 22.4 Å². The third kappa shape index (κ3) is 3.41. The van der Waals surface area contributed by atoms with E-state index in [1.54, 1.807) is 0 Å².